The molecule has 0 radical (unpaired) electrons. The molecule has 2 aromatic rings. The van der Waals surface area contributed by atoms with Gasteiger partial charge in [0.25, 0.3) is 0 Å². The van der Waals surface area contributed by atoms with Crippen molar-refractivity contribution in [1.82, 2.24) is 10.6 Å². The van der Waals surface area contributed by atoms with Crippen LogP contribution in [-0.2, 0) is 6.18 Å². The van der Waals surface area contributed by atoms with Crippen molar-refractivity contribution in [2.75, 3.05) is 0 Å². The summed E-state index contributed by atoms with van der Waals surface area (Å²) in [5.41, 5.74) is 0.247. The molecule has 0 bridgehead atoms. The third-order valence-corrected chi connectivity index (χ3v) is 4.10. The molecule has 2 amide bonds. The molecule has 1 atom stereocenters. The van der Waals surface area contributed by atoms with Gasteiger partial charge in [0.1, 0.15) is 0 Å². The third kappa shape index (κ3) is 3.46. The highest BCUT2D eigenvalue weighted by atomic mass is 19.4. The van der Waals surface area contributed by atoms with Gasteiger partial charge in [-0.25, -0.2) is 4.79 Å². The molecule has 134 valence electrons. The second kappa shape index (κ2) is 6.67. The Bertz CT molecular complexity index is 889. The van der Waals surface area contributed by atoms with E-state index >= 15 is 0 Å². The van der Waals surface area contributed by atoms with Crippen molar-refractivity contribution < 1.29 is 22.8 Å². The summed E-state index contributed by atoms with van der Waals surface area (Å²) in [6.07, 6.45) is -4.52. The fourth-order valence-corrected chi connectivity index (χ4v) is 2.88. The number of Topliss-reactive ketones (excluding diaryl/α,β-unsaturated/α-hetero) is 1. The van der Waals surface area contributed by atoms with Gasteiger partial charge < -0.3 is 10.6 Å². The van der Waals surface area contributed by atoms with Gasteiger partial charge in [-0.05, 0) is 24.6 Å². The lowest BCUT2D eigenvalue weighted by Gasteiger charge is -2.29. The van der Waals surface area contributed by atoms with Crippen LogP contribution in [0.1, 0.15) is 34.5 Å². The first-order valence-electron chi connectivity index (χ1n) is 7.82. The number of carbonyl (C=O) groups excluding carboxylic acids is 2. The number of amides is 2. The van der Waals surface area contributed by atoms with E-state index in [1.807, 2.05) is 0 Å². The average Bonchev–Trinajstić information content (AvgIpc) is 2.61. The van der Waals surface area contributed by atoms with Crippen LogP contribution in [0.2, 0.25) is 0 Å². The number of allylic oxidation sites excluding steroid dienone is 1. The van der Waals surface area contributed by atoms with Gasteiger partial charge in [-0.2, -0.15) is 13.2 Å². The first-order chi connectivity index (χ1) is 12.3. The van der Waals surface area contributed by atoms with Gasteiger partial charge in [0.2, 0.25) is 0 Å². The molecule has 1 aliphatic rings. The zero-order valence-corrected chi connectivity index (χ0v) is 13.7. The van der Waals surface area contributed by atoms with Crippen molar-refractivity contribution >= 4 is 11.8 Å². The zero-order chi connectivity index (χ0) is 18.9. The highest BCUT2D eigenvalue weighted by Gasteiger charge is 2.34. The molecule has 7 heteroatoms. The highest BCUT2D eigenvalue weighted by molar-refractivity contribution is 6.11. The van der Waals surface area contributed by atoms with E-state index in [1.54, 1.807) is 37.3 Å². The molecule has 3 rings (SSSR count). The molecule has 2 N–H and O–H groups in total. The summed E-state index contributed by atoms with van der Waals surface area (Å²) >= 11 is 0. The topological polar surface area (TPSA) is 58.2 Å². The van der Waals surface area contributed by atoms with Crippen LogP contribution in [0.3, 0.4) is 0 Å². The molecule has 4 nitrogen and oxygen atoms in total. The maximum Gasteiger partial charge on any atom is 0.416 e. The molecule has 0 saturated carbocycles. The molecular weight excluding hydrogens is 345 g/mol. The lowest BCUT2D eigenvalue weighted by atomic mass is 9.89. The number of hydrogen-bond acceptors (Lipinski definition) is 2. The average molecular weight is 360 g/mol. The minimum Gasteiger partial charge on any atom is -0.327 e. The lowest BCUT2D eigenvalue weighted by molar-refractivity contribution is -0.137. The van der Waals surface area contributed by atoms with Crippen LogP contribution in [0.5, 0.6) is 0 Å². The molecule has 0 unspecified atom stereocenters. The Morgan fingerprint density at radius 3 is 2.38 bits per heavy atom. The van der Waals surface area contributed by atoms with Crippen molar-refractivity contribution in [2.24, 2.45) is 0 Å². The lowest BCUT2D eigenvalue weighted by Crippen LogP contribution is -2.45. The predicted octanol–water partition coefficient (Wildman–Crippen LogP) is 4.22. The number of urea groups is 1. The molecule has 0 saturated heterocycles. The summed E-state index contributed by atoms with van der Waals surface area (Å²) in [6.45, 7) is 1.55. The minimum absolute atomic E-state index is 0.188. The summed E-state index contributed by atoms with van der Waals surface area (Å²) < 4.78 is 39.1. The zero-order valence-electron chi connectivity index (χ0n) is 13.7. The van der Waals surface area contributed by atoms with Gasteiger partial charge in [0, 0.05) is 16.8 Å². The van der Waals surface area contributed by atoms with Crippen LogP contribution in [0, 0.1) is 0 Å². The van der Waals surface area contributed by atoms with Crippen molar-refractivity contribution in [3.63, 3.8) is 0 Å². The van der Waals surface area contributed by atoms with E-state index in [9.17, 15) is 22.8 Å². The van der Waals surface area contributed by atoms with E-state index in [0.717, 1.165) is 12.1 Å². The molecule has 1 aliphatic heterocycles. The van der Waals surface area contributed by atoms with Gasteiger partial charge in [-0.1, -0.05) is 42.5 Å². The minimum atomic E-state index is -4.52. The number of ketones is 1. The second-order valence-electron chi connectivity index (χ2n) is 5.89. The van der Waals surface area contributed by atoms with Gasteiger partial charge >= 0.3 is 12.2 Å². The number of alkyl halides is 3. The standard InChI is InChI=1S/C19H15F3N2O2/c1-11-15(17(25)12-6-3-2-4-7-12)16(24-18(26)23-11)13-8-5-9-14(10-13)19(20,21)22/h2-10,16H,1H3,(H2,23,24,26)/t16-/m0/s1. The predicted molar refractivity (Wildman–Crippen MR) is 89.3 cm³/mol. The van der Waals surface area contributed by atoms with E-state index < -0.39 is 23.8 Å². The second-order valence-corrected chi connectivity index (χ2v) is 5.89. The highest BCUT2D eigenvalue weighted by Crippen LogP contribution is 2.34. The van der Waals surface area contributed by atoms with Gasteiger partial charge in [0.15, 0.2) is 5.78 Å². The Morgan fingerprint density at radius 1 is 1.04 bits per heavy atom. The number of rotatable bonds is 3. The Kier molecular flexibility index (Phi) is 4.54. The van der Waals surface area contributed by atoms with Crippen LogP contribution in [0.4, 0.5) is 18.0 Å². The van der Waals surface area contributed by atoms with Crippen molar-refractivity contribution in [3.05, 3.63) is 82.6 Å². The number of hydrogen-bond donors (Lipinski definition) is 2. The third-order valence-electron chi connectivity index (χ3n) is 4.10. The summed E-state index contributed by atoms with van der Waals surface area (Å²) in [5, 5.41) is 5.06. The summed E-state index contributed by atoms with van der Waals surface area (Å²) in [7, 11) is 0. The quantitative estimate of drug-likeness (QED) is 0.806. The largest absolute Gasteiger partial charge is 0.416 e. The fraction of sp³-hybridized carbons (Fsp3) is 0.158. The first-order valence-corrected chi connectivity index (χ1v) is 7.82. The number of nitrogens with one attached hydrogen (secondary N) is 2. The summed E-state index contributed by atoms with van der Waals surface area (Å²) in [5.74, 6) is -0.363. The Labute approximate surface area is 147 Å². The monoisotopic (exact) mass is 360 g/mol. The van der Waals surface area contributed by atoms with E-state index in [2.05, 4.69) is 10.6 Å². The molecular formula is C19H15F3N2O2. The molecule has 0 fully saturated rings. The first kappa shape index (κ1) is 17.7. The van der Waals surface area contributed by atoms with Gasteiger partial charge in [-0.3, -0.25) is 4.79 Å². The van der Waals surface area contributed by atoms with E-state index in [4.69, 9.17) is 0 Å². The van der Waals surface area contributed by atoms with Crippen LogP contribution >= 0.6 is 0 Å². The number of halogens is 3. The normalized spacial score (nSPS) is 17.5. The van der Waals surface area contributed by atoms with Crippen LogP contribution in [0.15, 0.2) is 65.9 Å². The summed E-state index contributed by atoms with van der Waals surface area (Å²) in [4.78, 5) is 24.8. The van der Waals surface area contributed by atoms with Gasteiger partial charge in [-0.15, -0.1) is 0 Å². The molecule has 1 heterocycles. The van der Waals surface area contributed by atoms with Crippen molar-refractivity contribution in [2.45, 2.75) is 19.1 Å². The smallest absolute Gasteiger partial charge is 0.327 e. The fourth-order valence-electron chi connectivity index (χ4n) is 2.88. The molecule has 0 aromatic heterocycles. The molecule has 0 spiro atoms. The van der Waals surface area contributed by atoms with Crippen LogP contribution < -0.4 is 10.6 Å². The summed E-state index contributed by atoms with van der Waals surface area (Å²) in [6, 6.07) is 11.4. The van der Waals surface area contributed by atoms with E-state index in [0.29, 0.717) is 11.3 Å². The SMILES string of the molecule is CC1=C(C(=O)c2ccccc2)[C@H](c2cccc(C(F)(F)F)c2)NC(=O)N1. The maximum atomic E-state index is 13.0. The van der Waals surface area contributed by atoms with Crippen LogP contribution in [0.25, 0.3) is 0 Å². The van der Waals surface area contributed by atoms with Crippen molar-refractivity contribution in [3.8, 4) is 0 Å². The molecule has 2 aromatic carbocycles. The molecule has 26 heavy (non-hydrogen) atoms. The maximum absolute atomic E-state index is 13.0. The Hall–Kier alpha value is -3.09. The van der Waals surface area contributed by atoms with Crippen molar-refractivity contribution in [1.29, 1.82) is 0 Å². The number of benzene rings is 2. The van der Waals surface area contributed by atoms with E-state index in [-0.39, 0.29) is 16.9 Å². The van der Waals surface area contributed by atoms with Crippen LogP contribution in [-0.4, -0.2) is 11.8 Å². The Morgan fingerprint density at radius 2 is 1.73 bits per heavy atom. The van der Waals surface area contributed by atoms with Gasteiger partial charge in [0.05, 0.1) is 11.6 Å². The Balaban J connectivity index is 2.08. The number of carbonyl (C=O) groups is 2. The van der Waals surface area contributed by atoms with E-state index in [1.165, 1.54) is 12.1 Å². The molecule has 0 aliphatic carbocycles.